The topological polar surface area (TPSA) is 17.8 Å². The van der Waals surface area contributed by atoms with Crippen LogP contribution in [0.2, 0.25) is 0 Å². The number of aromatic nitrogens is 2. The standard InChI is InChI=1S/C9H15IN2/c1-4-6-8-11-9(10)7(3)12(8)5-2/h4-6H2,1-3H3. The molecule has 0 atom stereocenters. The molecule has 0 amide bonds. The van der Waals surface area contributed by atoms with E-state index in [1.54, 1.807) is 0 Å². The molecule has 0 radical (unpaired) electrons. The summed E-state index contributed by atoms with van der Waals surface area (Å²) in [6.07, 6.45) is 2.27. The van der Waals surface area contributed by atoms with Gasteiger partial charge < -0.3 is 4.57 Å². The molecular weight excluding hydrogens is 263 g/mol. The first-order chi connectivity index (χ1) is 5.70. The van der Waals surface area contributed by atoms with E-state index in [1.807, 2.05) is 0 Å². The molecule has 2 nitrogen and oxygen atoms in total. The summed E-state index contributed by atoms with van der Waals surface area (Å²) in [5.74, 6) is 1.24. The fraction of sp³-hybridized carbons (Fsp3) is 0.667. The molecule has 1 heterocycles. The SMILES string of the molecule is CCCc1nc(I)c(C)n1CC. The van der Waals surface area contributed by atoms with E-state index in [4.69, 9.17) is 0 Å². The normalized spacial score (nSPS) is 10.7. The smallest absolute Gasteiger partial charge is 0.122 e. The van der Waals surface area contributed by atoms with E-state index in [0.29, 0.717) is 0 Å². The quantitative estimate of drug-likeness (QED) is 0.777. The molecule has 12 heavy (non-hydrogen) atoms. The van der Waals surface area contributed by atoms with Gasteiger partial charge in [0.2, 0.25) is 0 Å². The minimum absolute atomic E-state index is 1.04. The van der Waals surface area contributed by atoms with Crippen LogP contribution in [0.25, 0.3) is 0 Å². The van der Waals surface area contributed by atoms with Gasteiger partial charge in [-0.15, -0.1) is 0 Å². The maximum Gasteiger partial charge on any atom is 0.122 e. The molecule has 0 unspecified atom stereocenters. The van der Waals surface area contributed by atoms with Crippen LogP contribution < -0.4 is 0 Å². The van der Waals surface area contributed by atoms with Gasteiger partial charge >= 0.3 is 0 Å². The maximum absolute atomic E-state index is 4.52. The molecule has 68 valence electrons. The van der Waals surface area contributed by atoms with Crippen molar-refractivity contribution in [1.82, 2.24) is 9.55 Å². The summed E-state index contributed by atoms with van der Waals surface area (Å²) in [4.78, 5) is 4.52. The predicted molar refractivity (Wildman–Crippen MR) is 59.4 cm³/mol. The Balaban J connectivity index is 3.02. The van der Waals surface area contributed by atoms with Crippen molar-refractivity contribution in [2.45, 2.75) is 40.2 Å². The zero-order valence-electron chi connectivity index (χ0n) is 7.89. The molecule has 0 N–H and O–H groups in total. The Bertz CT molecular complexity index is 266. The summed E-state index contributed by atoms with van der Waals surface area (Å²) < 4.78 is 3.45. The first-order valence-corrected chi connectivity index (χ1v) is 5.50. The molecule has 1 aromatic rings. The van der Waals surface area contributed by atoms with Gasteiger partial charge in [0.1, 0.15) is 9.53 Å². The van der Waals surface area contributed by atoms with Gasteiger partial charge in [-0.3, -0.25) is 0 Å². The highest BCUT2D eigenvalue weighted by Crippen LogP contribution is 2.14. The van der Waals surface area contributed by atoms with Crippen LogP contribution in [0.4, 0.5) is 0 Å². The van der Waals surface area contributed by atoms with Gasteiger partial charge in [-0.05, 0) is 42.9 Å². The molecule has 0 saturated carbocycles. The van der Waals surface area contributed by atoms with Crippen molar-refractivity contribution in [1.29, 1.82) is 0 Å². The van der Waals surface area contributed by atoms with Crippen molar-refractivity contribution < 1.29 is 0 Å². The highest BCUT2D eigenvalue weighted by atomic mass is 127. The first kappa shape index (κ1) is 10.0. The fourth-order valence-corrected chi connectivity index (χ4v) is 1.96. The van der Waals surface area contributed by atoms with Gasteiger partial charge in [0.15, 0.2) is 0 Å². The van der Waals surface area contributed by atoms with E-state index in [0.717, 1.165) is 16.7 Å². The molecule has 0 aliphatic rings. The molecule has 0 aromatic carbocycles. The number of hydrogen-bond donors (Lipinski definition) is 0. The van der Waals surface area contributed by atoms with Gasteiger partial charge in [0.05, 0.1) is 0 Å². The van der Waals surface area contributed by atoms with Crippen molar-refractivity contribution in [3.05, 3.63) is 15.2 Å². The average molecular weight is 278 g/mol. The number of imidazole rings is 1. The van der Waals surface area contributed by atoms with Crippen LogP contribution >= 0.6 is 22.6 Å². The van der Waals surface area contributed by atoms with Crippen molar-refractivity contribution in [3.63, 3.8) is 0 Å². The van der Waals surface area contributed by atoms with Gasteiger partial charge in [0, 0.05) is 18.7 Å². The molecule has 0 aliphatic carbocycles. The summed E-state index contributed by atoms with van der Waals surface area (Å²) in [5, 5.41) is 0. The molecular formula is C9H15IN2. The Labute approximate surface area is 87.5 Å². The van der Waals surface area contributed by atoms with Crippen molar-refractivity contribution >= 4 is 22.6 Å². The van der Waals surface area contributed by atoms with E-state index >= 15 is 0 Å². The van der Waals surface area contributed by atoms with E-state index in [2.05, 4.69) is 52.9 Å². The van der Waals surface area contributed by atoms with Gasteiger partial charge in [-0.1, -0.05) is 6.92 Å². The minimum atomic E-state index is 1.04. The number of aryl methyl sites for hydroxylation is 1. The molecule has 1 aromatic heterocycles. The number of halogens is 1. The molecule has 1 rings (SSSR count). The summed E-state index contributed by atoms with van der Waals surface area (Å²) in [7, 11) is 0. The number of hydrogen-bond acceptors (Lipinski definition) is 1. The lowest BCUT2D eigenvalue weighted by Gasteiger charge is -2.04. The average Bonchev–Trinajstić information content (AvgIpc) is 2.29. The van der Waals surface area contributed by atoms with Crippen LogP contribution in [0, 0.1) is 10.6 Å². The zero-order valence-corrected chi connectivity index (χ0v) is 10.1. The van der Waals surface area contributed by atoms with Crippen LogP contribution in [-0.4, -0.2) is 9.55 Å². The van der Waals surface area contributed by atoms with Crippen LogP contribution in [0.15, 0.2) is 0 Å². The second-order valence-corrected chi connectivity index (χ2v) is 3.92. The highest BCUT2D eigenvalue weighted by Gasteiger charge is 2.08. The number of nitrogens with zero attached hydrogens (tertiary/aromatic N) is 2. The Morgan fingerprint density at radius 2 is 2.08 bits per heavy atom. The fourth-order valence-electron chi connectivity index (χ4n) is 1.39. The molecule has 0 aliphatic heterocycles. The van der Waals surface area contributed by atoms with Crippen molar-refractivity contribution in [2.75, 3.05) is 0 Å². The van der Waals surface area contributed by atoms with Crippen molar-refractivity contribution in [3.8, 4) is 0 Å². The van der Waals surface area contributed by atoms with Crippen molar-refractivity contribution in [2.24, 2.45) is 0 Å². The third kappa shape index (κ3) is 1.81. The van der Waals surface area contributed by atoms with E-state index < -0.39 is 0 Å². The predicted octanol–water partition coefficient (Wildman–Crippen LogP) is 2.77. The Hall–Kier alpha value is -0.0600. The Morgan fingerprint density at radius 1 is 1.42 bits per heavy atom. The van der Waals surface area contributed by atoms with E-state index in [1.165, 1.54) is 17.9 Å². The molecule has 3 heteroatoms. The summed E-state index contributed by atoms with van der Waals surface area (Å²) in [6.45, 7) is 7.54. The van der Waals surface area contributed by atoms with Crippen LogP contribution in [0.1, 0.15) is 31.8 Å². The van der Waals surface area contributed by atoms with Gasteiger partial charge in [-0.2, -0.15) is 0 Å². The van der Waals surface area contributed by atoms with E-state index in [-0.39, 0.29) is 0 Å². The van der Waals surface area contributed by atoms with Gasteiger partial charge in [-0.25, -0.2) is 4.98 Å². The van der Waals surface area contributed by atoms with E-state index in [9.17, 15) is 0 Å². The lowest BCUT2D eigenvalue weighted by atomic mass is 10.3. The van der Waals surface area contributed by atoms with Crippen LogP contribution in [0.5, 0.6) is 0 Å². The second-order valence-electron chi connectivity index (χ2n) is 2.90. The highest BCUT2D eigenvalue weighted by molar-refractivity contribution is 14.1. The molecule has 0 spiro atoms. The lowest BCUT2D eigenvalue weighted by molar-refractivity contribution is 0.668. The third-order valence-electron chi connectivity index (χ3n) is 2.03. The first-order valence-electron chi connectivity index (χ1n) is 4.42. The molecule has 0 bridgehead atoms. The molecule has 0 fully saturated rings. The largest absolute Gasteiger partial charge is 0.331 e. The van der Waals surface area contributed by atoms with Crippen LogP contribution in [-0.2, 0) is 13.0 Å². The third-order valence-corrected chi connectivity index (χ3v) is 3.05. The summed E-state index contributed by atoms with van der Waals surface area (Å²) in [6, 6.07) is 0. The Kier molecular flexibility index (Phi) is 3.55. The minimum Gasteiger partial charge on any atom is -0.331 e. The summed E-state index contributed by atoms with van der Waals surface area (Å²) in [5.41, 5.74) is 1.31. The van der Waals surface area contributed by atoms with Gasteiger partial charge in [0.25, 0.3) is 0 Å². The lowest BCUT2D eigenvalue weighted by Crippen LogP contribution is -2.02. The molecule has 0 saturated heterocycles. The number of rotatable bonds is 3. The zero-order chi connectivity index (χ0) is 9.14. The second kappa shape index (κ2) is 4.25. The maximum atomic E-state index is 4.52. The Morgan fingerprint density at radius 3 is 2.58 bits per heavy atom. The van der Waals surface area contributed by atoms with Crippen LogP contribution in [0.3, 0.4) is 0 Å². The monoisotopic (exact) mass is 278 g/mol. The summed E-state index contributed by atoms with van der Waals surface area (Å²) >= 11 is 2.30.